The topological polar surface area (TPSA) is 340 Å². The van der Waals surface area contributed by atoms with Gasteiger partial charge in [-0.15, -0.1) is 0 Å². The first kappa shape index (κ1) is 40.9. The van der Waals surface area contributed by atoms with Crippen molar-refractivity contribution < 1.29 is 93.0 Å². The molecule has 0 aliphatic carbocycles. The van der Waals surface area contributed by atoms with Crippen LogP contribution >= 0.6 is 15.5 Å². The number of methoxy groups -OCH3 is 1. The Labute approximate surface area is 263 Å². The zero-order chi connectivity index (χ0) is 35.3. The lowest BCUT2D eigenvalue weighted by atomic mass is 9.73. The van der Waals surface area contributed by atoms with Gasteiger partial charge in [0, 0.05) is 20.0 Å². The molecule has 2 saturated heterocycles. The molecule has 0 aromatic heterocycles. The van der Waals surface area contributed by atoms with Crippen LogP contribution in [0.4, 0.5) is 0 Å². The lowest BCUT2D eigenvalue weighted by Crippen LogP contribution is -2.83. The van der Waals surface area contributed by atoms with Gasteiger partial charge in [-0.05, 0) is 12.8 Å². The fourth-order valence-electron chi connectivity index (χ4n) is 5.50. The van der Waals surface area contributed by atoms with Crippen LogP contribution in [0.3, 0.4) is 0 Å². The lowest BCUT2D eigenvalue weighted by Gasteiger charge is -2.58. The van der Waals surface area contributed by atoms with Crippen molar-refractivity contribution >= 4 is 32.9 Å². The normalized spacial score (nSPS) is 35.4. The zero-order valence-electron chi connectivity index (χ0n) is 25.1. The monoisotopic (exact) mass is 712 g/mol. The average molecular weight is 713 g/mol. The van der Waals surface area contributed by atoms with Crippen LogP contribution in [-0.4, -0.2) is 153 Å². The Morgan fingerprint density at radius 1 is 0.913 bits per heavy atom. The minimum Gasteiger partial charge on any atom is -0.469 e. The number of esters is 1. The van der Waals surface area contributed by atoms with Gasteiger partial charge in [0.15, 0.2) is 12.4 Å². The van der Waals surface area contributed by atoms with E-state index in [1.807, 2.05) is 0 Å². The summed E-state index contributed by atoms with van der Waals surface area (Å²) in [6.07, 6.45) is -16.3. The first-order valence-electron chi connectivity index (χ1n) is 14.2. The van der Waals surface area contributed by atoms with E-state index in [1.54, 1.807) is 0 Å². The number of carbonyl (C=O) groups excluding carboxylic acids is 3. The number of aliphatic hydroxyl groups is 6. The van der Waals surface area contributed by atoms with Crippen LogP contribution in [0.15, 0.2) is 0 Å². The highest BCUT2D eigenvalue weighted by Crippen LogP contribution is 2.60. The largest absolute Gasteiger partial charge is 0.481 e. The summed E-state index contributed by atoms with van der Waals surface area (Å²) in [7, 11) is -10.5. The number of ether oxygens (including phenoxy) is 4. The van der Waals surface area contributed by atoms with Gasteiger partial charge >= 0.3 is 27.0 Å². The molecule has 22 heteroatoms. The van der Waals surface area contributed by atoms with E-state index in [0.29, 0.717) is 19.3 Å². The summed E-state index contributed by atoms with van der Waals surface area (Å²) in [4.78, 5) is 85.1. The van der Waals surface area contributed by atoms with Crippen LogP contribution in [0.1, 0.15) is 51.9 Å². The van der Waals surface area contributed by atoms with E-state index in [9.17, 15) is 74.1 Å². The van der Waals surface area contributed by atoms with E-state index in [2.05, 4.69) is 10.1 Å². The molecule has 46 heavy (non-hydrogen) atoms. The smallest absolute Gasteiger partial charge is 0.469 e. The Kier molecular flexibility index (Phi) is 14.6. The Bertz CT molecular complexity index is 1100. The van der Waals surface area contributed by atoms with Gasteiger partial charge in [0.25, 0.3) is 0 Å². The van der Waals surface area contributed by atoms with Gasteiger partial charge in [0.05, 0.1) is 13.7 Å². The first-order valence-corrected chi connectivity index (χ1v) is 17.5. The predicted molar refractivity (Wildman–Crippen MR) is 151 cm³/mol. The van der Waals surface area contributed by atoms with Crippen molar-refractivity contribution in [3.63, 3.8) is 0 Å². The Hall–Kier alpha value is -1.29. The number of carbonyl (C=O) groups is 3. The van der Waals surface area contributed by atoms with Crippen molar-refractivity contribution in [3.8, 4) is 0 Å². The van der Waals surface area contributed by atoms with Crippen LogP contribution < -0.4 is 5.32 Å². The van der Waals surface area contributed by atoms with E-state index in [1.165, 1.54) is 7.11 Å². The highest BCUT2D eigenvalue weighted by atomic mass is 31.2. The zero-order valence-corrected chi connectivity index (χ0v) is 26.9. The van der Waals surface area contributed by atoms with Gasteiger partial charge in [-0.3, -0.25) is 14.2 Å². The number of hydrogen-bond acceptors (Lipinski definition) is 17. The maximum atomic E-state index is 12.7. The average Bonchev–Trinajstić information content (AvgIpc) is 2.96. The molecule has 0 aromatic rings. The Morgan fingerprint density at radius 2 is 1.48 bits per heavy atom. The van der Waals surface area contributed by atoms with Crippen molar-refractivity contribution in [3.05, 3.63) is 0 Å². The molecule has 0 unspecified atom stereocenters. The molecule has 0 aromatic carbocycles. The quantitative estimate of drug-likeness (QED) is 0.0410. The van der Waals surface area contributed by atoms with Gasteiger partial charge in [-0.25, -0.2) is 4.79 Å². The fourth-order valence-corrected chi connectivity index (χ4v) is 7.00. The van der Waals surface area contributed by atoms with Crippen LogP contribution in [0.2, 0.25) is 0 Å². The molecule has 2 heterocycles. The maximum absolute atomic E-state index is 12.7. The standard InChI is InChI=1S/C24H43NO19P2/c1-12(27)25-23(20-19(32)24(34,46(38,39)40)18(31)16(44-20)21(33)45(35,36)37)17(30)15(29)13(11-26)43-22(23)42-10-8-6-4-3-5-7-9-14(28)41-2/h13,15-20,22,26,29-32,34-37H,3-11H2,1-2H3,(H2-,25,27,38,39,40)/p+1/t13-,15-,16+,17+,18+,19+,20-,22+,23+,24-/m1/s1. The second kappa shape index (κ2) is 16.4. The highest BCUT2D eigenvalue weighted by molar-refractivity contribution is 7.76. The van der Waals surface area contributed by atoms with Gasteiger partial charge in [0.1, 0.15) is 42.2 Å². The maximum Gasteiger partial charge on any atom is 0.481 e. The molecular weight excluding hydrogens is 668 g/mol. The van der Waals surface area contributed by atoms with Crippen molar-refractivity contribution in [1.82, 2.24) is 5.32 Å². The van der Waals surface area contributed by atoms with Crippen molar-refractivity contribution in [2.75, 3.05) is 20.3 Å². The molecule has 0 saturated carbocycles. The van der Waals surface area contributed by atoms with Gasteiger partial charge in [-0.1, -0.05) is 25.7 Å². The molecule has 2 aliphatic heterocycles. The van der Waals surface area contributed by atoms with Crippen LogP contribution in [-0.2, 0) is 37.9 Å². The third-order valence-electron chi connectivity index (χ3n) is 7.94. The second-order valence-electron chi connectivity index (χ2n) is 11.2. The van der Waals surface area contributed by atoms with E-state index in [4.69, 9.17) is 14.2 Å². The van der Waals surface area contributed by atoms with Crippen LogP contribution in [0.5, 0.6) is 0 Å². The van der Waals surface area contributed by atoms with Crippen LogP contribution in [0, 0.1) is 0 Å². The molecule has 12 N–H and O–H groups in total. The third kappa shape index (κ3) is 8.64. The number of amides is 1. The molecule has 268 valence electrons. The molecule has 2 aliphatic rings. The summed E-state index contributed by atoms with van der Waals surface area (Å²) in [6.45, 7) is -0.346. The number of hydrogen-bond donors (Lipinski definition) is 12. The molecule has 2 fully saturated rings. The number of rotatable bonds is 16. The molecule has 1 amide bonds. The minimum absolute atomic E-state index is 0.246. The summed E-state index contributed by atoms with van der Waals surface area (Å²) in [5, 5.41) is 62.8. The fraction of sp³-hybridized carbons (Fsp3) is 0.875. The molecule has 20 nitrogen and oxygen atoms in total. The minimum atomic E-state index is -6.18. The number of unbranched alkanes of at least 4 members (excludes halogenated alkanes) is 5. The SMILES string of the molecule is COC(=O)CCCCCCCCO[C@H]1O[C@H](CO)[C@@H](O)[C@H](O)[C@]1(NC(C)=O)[C@@H]1O[C@H](C(=O)[P+](O)(O)O)[C@H](O)[C@@](O)(P(=O)(O)O)[C@H]1O. The summed E-state index contributed by atoms with van der Waals surface area (Å²) in [6, 6.07) is 0. The molecule has 0 bridgehead atoms. The van der Waals surface area contributed by atoms with Gasteiger partial charge in [-0.2, -0.15) is 14.7 Å². The number of aliphatic hydroxyl groups excluding tert-OH is 5. The molecule has 0 spiro atoms. The molecular formula is C24H44NO19P2+. The summed E-state index contributed by atoms with van der Waals surface area (Å²) >= 11 is 0. The van der Waals surface area contributed by atoms with Crippen molar-refractivity contribution in [1.29, 1.82) is 0 Å². The molecule has 10 atom stereocenters. The molecule has 2 rings (SSSR count). The summed E-state index contributed by atoms with van der Waals surface area (Å²) in [5.74, 6) is -1.42. The van der Waals surface area contributed by atoms with Crippen molar-refractivity contribution in [2.24, 2.45) is 0 Å². The third-order valence-corrected chi connectivity index (χ3v) is 10.2. The van der Waals surface area contributed by atoms with E-state index in [-0.39, 0.29) is 25.4 Å². The lowest BCUT2D eigenvalue weighted by molar-refractivity contribution is -0.343. The first-order chi connectivity index (χ1) is 21.2. The van der Waals surface area contributed by atoms with E-state index >= 15 is 0 Å². The number of nitrogens with one attached hydrogen (secondary N) is 1. The second-order valence-corrected chi connectivity index (χ2v) is 14.5. The Balaban J connectivity index is 2.50. The van der Waals surface area contributed by atoms with E-state index in [0.717, 1.165) is 19.8 Å². The van der Waals surface area contributed by atoms with Gasteiger partial charge in [0.2, 0.25) is 11.2 Å². The van der Waals surface area contributed by atoms with E-state index < -0.39 is 93.5 Å². The predicted octanol–water partition coefficient (Wildman–Crippen LogP) is -4.16. The summed E-state index contributed by atoms with van der Waals surface area (Å²) in [5.41, 5.74) is -5.10. The molecule has 0 radical (unpaired) electrons. The Morgan fingerprint density at radius 3 is 1.98 bits per heavy atom. The highest BCUT2D eigenvalue weighted by Gasteiger charge is 2.75. The van der Waals surface area contributed by atoms with Crippen molar-refractivity contribution in [2.45, 2.75) is 112 Å². The van der Waals surface area contributed by atoms with Gasteiger partial charge < -0.3 is 64.7 Å². The summed E-state index contributed by atoms with van der Waals surface area (Å²) < 4.78 is 33.7. The van der Waals surface area contributed by atoms with Crippen LogP contribution in [0.25, 0.3) is 0 Å².